The van der Waals surface area contributed by atoms with E-state index in [9.17, 15) is 9.59 Å². The molecule has 3 aromatic rings. The van der Waals surface area contributed by atoms with Crippen LogP contribution in [0.4, 0.5) is 5.69 Å². The Labute approximate surface area is 113 Å². The molecule has 6 heteroatoms. The molecule has 3 N–H and O–H groups in total. The summed E-state index contributed by atoms with van der Waals surface area (Å²) in [5.74, 6) is -0.238. The van der Waals surface area contributed by atoms with Crippen molar-refractivity contribution < 1.29 is 4.79 Å². The Hall–Kier alpha value is -2.89. The Bertz CT molecular complexity index is 848. The lowest BCUT2D eigenvalue weighted by atomic mass is 10.2. The Balaban J connectivity index is 1.88. The number of imidazole rings is 1. The number of aromatic nitrogens is 3. The number of hydrogen-bond acceptors (Lipinski definition) is 3. The maximum absolute atomic E-state index is 12.1. The van der Waals surface area contributed by atoms with E-state index in [4.69, 9.17) is 0 Å². The van der Waals surface area contributed by atoms with Gasteiger partial charge >= 0.3 is 5.69 Å². The Kier molecular flexibility index (Phi) is 2.83. The Morgan fingerprint density at radius 2 is 1.95 bits per heavy atom. The summed E-state index contributed by atoms with van der Waals surface area (Å²) in [6.45, 7) is 1.88. The van der Waals surface area contributed by atoms with Crippen molar-refractivity contribution in [3.8, 4) is 0 Å². The zero-order valence-corrected chi connectivity index (χ0v) is 10.7. The van der Waals surface area contributed by atoms with E-state index in [0.29, 0.717) is 22.3 Å². The van der Waals surface area contributed by atoms with Gasteiger partial charge in [-0.05, 0) is 36.8 Å². The molecule has 0 aliphatic rings. The van der Waals surface area contributed by atoms with Crippen LogP contribution in [0.3, 0.4) is 0 Å². The van der Waals surface area contributed by atoms with Crippen molar-refractivity contribution in [2.45, 2.75) is 6.92 Å². The molecule has 20 heavy (non-hydrogen) atoms. The van der Waals surface area contributed by atoms with Crippen LogP contribution in [0.25, 0.3) is 11.0 Å². The monoisotopic (exact) mass is 268 g/mol. The largest absolute Gasteiger partial charge is 0.323 e. The molecule has 0 saturated heterocycles. The molecule has 3 rings (SSSR count). The van der Waals surface area contributed by atoms with Crippen LogP contribution in [0, 0.1) is 6.92 Å². The van der Waals surface area contributed by atoms with Crippen LogP contribution < -0.4 is 11.0 Å². The zero-order valence-electron chi connectivity index (χ0n) is 10.7. The highest BCUT2D eigenvalue weighted by molar-refractivity contribution is 6.04. The molecule has 0 bridgehead atoms. The van der Waals surface area contributed by atoms with E-state index in [0.717, 1.165) is 5.56 Å². The van der Waals surface area contributed by atoms with Gasteiger partial charge < -0.3 is 15.3 Å². The van der Waals surface area contributed by atoms with Gasteiger partial charge in [-0.2, -0.15) is 0 Å². The minimum atomic E-state index is -0.272. The Morgan fingerprint density at radius 3 is 2.75 bits per heavy atom. The fraction of sp³-hybridized carbons (Fsp3) is 0.0714. The number of aromatic amines is 2. The Morgan fingerprint density at radius 1 is 1.15 bits per heavy atom. The predicted molar refractivity (Wildman–Crippen MR) is 75.8 cm³/mol. The number of carbonyl (C=O) groups excluding carboxylic acids is 1. The van der Waals surface area contributed by atoms with E-state index in [1.807, 2.05) is 6.92 Å². The summed E-state index contributed by atoms with van der Waals surface area (Å²) in [5.41, 5.74) is 3.10. The number of fused-ring (bicyclic) bond motifs is 1. The zero-order chi connectivity index (χ0) is 14.1. The molecule has 1 amide bonds. The average molecular weight is 268 g/mol. The highest BCUT2D eigenvalue weighted by atomic mass is 16.2. The van der Waals surface area contributed by atoms with Gasteiger partial charge in [-0.25, -0.2) is 4.79 Å². The molecule has 100 valence electrons. The van der Waals surface area contributed by atoms with E-state index in [1.54, 1.807) is 30.5 Å². The van der Waals surface area contributed by atoms with Crippen molar-refractivity contribution in [2.24, 2.45) is 0 Å². The second-order valence-electron chi connectivity index (χ2n) is 4.54. The summed E-state index contributed by atoms with van der Waals surface area (Å²) in [5, 5.41) is 2.77. The van der Waals surface area contributed by atoms with Crippen molar-refractivity contribution in [2.75, 3.05) is 5.32 Å². The molecule has 2 heterocycles. The van der Waals surface area contributed by atoms with E-state index in [-0.39, 0.29) is 11.6 Å². The highest BCUT2D eigenvalue weighted by Gasteiger charge is 2.07. The van der Waals surface area contributed by atoms with Crippen LogP contribution in [0.1, 0.15) is 15.9 Å². The van der Waals surface area contributed by atoms with Crippen LogP contribution in [0.5, 0.6) is 0 Å². The average Bonchev–Trinajstić information content (AvgIpc) is 2.78. The van der Waals surface area contributed by atoms with Gasteiger partial charge in [-0.15, -0.1) is 0 Å². The third-order valence-corrected chi connectivity index (χ3v) is 2.91. The summed E-state index contributed by atoms with van der Waals surface area (Å²) in [4.78, 5) is 32.5. The standard InChI is InChI=1S/C14H12N4O2/c1-8-4-9(7-15-6-8)13(19)16-10-2-3-11-12(5-10)18-14(20)17-11/h2-7H,1H3,(H,16,19)(H2,17,18,20). The first-order valence-corrected chi connectivity index (χ1v) is 6.07. The van der Waals surface area contributed by atoms with Crippen molar-refractivity contribution in [3.63, 3.8) is 0 Å². The molecule has 6 nitrogen and oxygen atoms in total. The number of rotatable bonds is 2. The molecule has 0 atom stereocenters. The third kappa shape index (κ3) is 2.31. The molecule has 0 aliphatic heterocycles. The summed E-state index contributed by atoms with van der Waals surface area (Å²) < 4.78 is 0. The lowest BCUT2D eigenvalue weighted by molar-refractivity contribution is 0.102. The van der Waals surface area contributed by atoms with Crippen LogP contribution in [0.15, 0.2) is 41.5 Å². The van der Waals surface area contributed by atoms with Crippen LogP contribution in [-0.4, -0.2) is 20.9 Å². The van der Waals surface area contributed by atoms with E-state index in [1.165, 1.54) is 6.20 Å². The van der Waals surface area contributed by atoms with Crippen LogP contribution >= 0.6 is 0 Å². The SMILES string of the molecule is Cc1cncc(C(=O)Nc2ccc3[nH]c(=O)[nH]c3c2)c1. The molecule has 0 saturated carbocycles. The first kappa shape index (κ1) is 12.2. The molecule has 0 aliphatic carbocycles. The number of hydrogen-bond donors (Lipinski definition) is 3. The molecule has 2 aromatic heterocycles. The van der Waals surface area contributed by atoms with E-state index < -0.39 is 0 Å². The number of anilines is 1. The van der Waals surface area contributed by atoms with E-state index in [2.05, 4.69) is 20.3 Å². The number of H-pyrrole nitrogens is 2. The number of amides is 1. The molecule has 0 spiro atoms. The van der Waals surface area contributed by atoms with Gasteiger partial charge in [0.05, 0.1) is 16.6 Å². The van der Waals surface area contributed by atoms with Crippen LogP contribution in [0.2, 0.25) is 0 Å². The number of nitrogens with one attached hydrogen (secondary N) is 3. The fourth-order valence-corrected chi connectivity index (χ4v) is 1.99. The van der Waals surface area contributed by atoms with Gasteiger partial charge in [0.1, 0.15) is 0 Å². The van der Waals surface area contributed by atoms with Crippen molar-refractivity contribution in [1.29, 1.82) is 0 Å². The molecule has 1 aromatic carbocycles. The van der Waals surface area contributed by atoms with Gasteiger partial charge in [0.25, 0.3) is 5.91 Å². The highest BCUT2D eigenvalue weighted by Crippen LogP contribution is 2.15. The molecule has 0 unspecified atom stereocenters. The second kappa shape index (κ2) is 4.65. The van der Waals surface area contributed by atoms with Gasteiger partial charge in [0, 0.05) is 18.1 Å². The first-order chi connectivity index (χ1) is 9.61. The van der Waals surface area contributed by atoms with Gasteiger partial charge in [-0.1, -0.05) is 0 Å². The van der Waals surface area contributed by atoms with Gasteiger partial charge in [-0.3, -0.25) is 9.78 Å². The molecule has 0 radical (unpaired) electrons. The van der Waals surface area contributed by atoms with Crippen LogP contribution in [-0.2, 0) is 0 Å². The number of carbonyl (C=O) groups is 1. The number of benzene rings is 1. The third-order valence-electron chi connectivity index (χ3n) is 2.91. The van der Waals surface area contributed by atoms with E-state index >= 15 is 0 Å². The van der Waals surface area contributed by atoms with Crippen molar-refractivity contribution in [1.82, 2.24) is 15.0 Å². The fourth-order valence-electron chi connectivity index (χ4n) is 1.99. The number of aryl methyl sites for hydroxylation is 1. The second-order valence-corrected chi connectivity index (χ2v) is 4.54. The molecular formula is C14H12N4O2. The maximum atomic E-state index is 12.1. The van der Waals surface area contributed by atoms with Gasteiger partial charge in [0.15, 0.2) is 0 Å². The topological polar surface area (TPSA) is 90.6 Å². The minimum absolute atomic E-state index is 0.238. The predicted octanol–water partition coefficient (Wildman–Crippen LogP) is 1.81. The van der Waals surface area contributed by atoms with Crippen molar-refractivity contribution >= 4 is 22.6 Å². The quantitative estimate of drug-likeness (QED) is 0.662. The lowest BCUT2D eigenvalue weighted by Gasteiger charge is -2.05. The molecular weight excluding hydrogens is 256 g/mol. The first-order valence-electron chi connectivity index (χ1n) is 6.07. The minimum Gasteiger partial charge on any atom is -0.322 e. The number of nitrogens with zero attached hydrogens (tertiary/aromatic N) is 1. The maximum Gasteiger partial charge on any atom is 0.323 e. The summed E-state index contributed by atoms with van der Waals surface area (Å²) in [6.07, 6.45) is 3.20. The lowest BCUT2D eigenvalue weighted by Crippen LogP contribution is -2.12. The summed E-state index contributed by atoms with van der Waals surface area (Å²) >= 11 is 0. The van der Waals surface area contributed by atoms with Crippen molar-refractivity contribution in [3.05, 3.63) is 58.3 Å². The van der Waals surface area contributed by atoms with Gasteiger partial charge in [0.2, 0.25) is 0 Å². The number of pyridine rings is 1. The summed E-state index contributed by atoms with van der Waals surface area (Å²) in [7, 11) is 0. The smallest absolute Gasteiger partial charge is 0.322 e. The summed E-state index contributed by atoms with van der Waals surface area (Å²) in [6, 6.07) is 6.93. The molecule has 0 fully saturated rings. The normalized spacial score (nSPS) is 10.7.